The highest BCUT2D eigenvalue weighted by molar-refractivity contribution is 5.77. The first-order valence-electron chi connectivity index (χ1n) is 7.23. The van der Waals surface area contributed by atoms with E-state index in [4.69, 9.17) is 9.84 Å². The van der Waals surface area contributed by atoms with Crippen LogP contribution in [0.4, 0.5) is 0 Å². The zero-order valence-corrected chi connectivity index (χ0v) is 12.3. The molecule has 1 aromatic carbocycles. The maximum absolute atomic E-state index is 12.1. The number of carbonyl (C=O) groups is 1. The van der Waals surface area contributed by atoms with Crippen LogP contribution in [0.1, 0.15) is 30.4 Å². The molecule has 0 saturated heterocycles. The van der Waals surface area contributed by atoms with E-state index in [-0.39, 0.29) is 12.5 Å². The third kappa shape index (κ3) is 3.73. The molecule has 0 aromatic heterocycles. The minimum Gasteiger partial charge on any atom is -0.493 e. The summed E-state index contributed by atoms with van der Waals surface area (Å²) in [6.45, 7) is 4.92. The lowest BCUT2D eigenvalue weighted by molar-refractivity contribution is -0.132. The number of carbonyl (C=O) groups excluding carboxylic acids is 1. The molecule has 4 heteroatoms. The summed E-state index contributed by atoms with van der Waals surface area (Å²) in [4.78, 5) is 13.9. The largest absolute Gasteiger partial charge is 0.493 e. The maximum atomic E-state index is 12.1. The Morgan fingerprint density at radius 3 is 2.80 bits per heavy atom. The fraction of sp³-hybridized carbons (Fsp3) is 0.562. The van der Waals surface area contributed by atoms with Gasteiger partial charge in [0.05, 0.1) is 19.6 Å². The second-order valence-electron chi connectivity index (χ2n) is 5.34. The van der Waals surface area contributed by atoms with Crippen LogP contribution in [0.5, 0.6) is 5.75 Å². The molecule has 0 atom stereocenters. The van der Waals surface area contributed by atoms with E-state index in [9.17, 15) is 4.79 Å². The van der Waals surface area contributed by atoms with E-state index in [0.29, 0.717) is 25.6 Å². The van der Waals surface area contributed by atoms with Crippen LogP contribution in [0.15, 0.2) is 18.2 Å². The van der Waals surface area contributed by atoms with Gasteiger partial charge in [0.1, 0.15) is 5.75 Å². The summed E-state index contributed by atoms with van der Waals surface area (Å²) >= 11 is 0. The first-order chi connectivity index (χ1) is 9.63. The van der Waals surface area contributed by atoms with Gasteiger partial charge < -0.3 is 14.7 Å². The van der Waals surface area contributed by atoms with Crippen LogP contribution in [0.25, 0.3) is 0 Å². The second-order valence-corrected chi connectivity index (χ2v) is 5.34. The first kappa shape index (κ1) is 14.9. The lowest BCUT2D eigenvalue weighted by Gasteiger charge is -2.21. The summed E-state index contributed by atoms with van der Waals surface area (Å²) in [5.41, 5.74) is 2.31. The molecule has 0 aliphatic heterocycles. The van der Waals surface area contributed by atoms with Crippen molar-refractivity contribution in [1.82, 2.24) is 4.90 Å². The van der Waals surface area contributed by atoms with E-state index >= 15 is 0 Å². The Hall–Kier alpha value is -1.55. The van der Waals surface area contributed by atoms with Crippen molar-refractivity contribution in [3.05, 3.63) is 29.3 Å². The Balaban J connectivity index is 1.82. The molecule has 20 heavy (non-hydrogen) atoms. The van der Waals surface area contributed by atoms with Gasteiger partial charge in [-0.3, -0.25) is 4.79 Å². The van der Waals surface area contributed by atoms with Gasteiger partial charge in [0.2, 0.25) is 5.91 Å². The van der Waals surface area contributed by atoms with Crippen molar-refractivity contribution in [3.63, 3.8) is 0 Å². The fourth-order valence-electron chi connectivity index (χ4n) is 2.28. The van der Waals surface area contributed by atoms with Gasteiger partial charge in [0.25, 0.3) is 0 Å². The molecule has 0 spiro atoms. The summed E-state index contributed by atoms with van der Waals surface area (Å²) < 4.78 is 5.71. The van der Waals surface area contributed by atoms with Crippen molar-refractivity contribution in [2.45, 2.75) is 39.2 Å². The van der Waals surface area contributed by atoms with Crippen LogP contribution in [-0.4, -0.2) is 41.7 Å². The molecule has 1 fully saturated rings. The smallest absolute Gasteiger partial charge is 0.226 e. The van der Waals surface area contributed by atoms with E-state index in [1.165, 1.54) is 5.56 Å². The topological polar surface area (TPSA) is 49.8 Å². The first-order valence-corrected chi connectivity index (χ1v) is 7.23. The van der Waals surface area contributed by atoms with E-state index in [0.717, 1.165) is 24.2 Å². The van der Waals surface area contributed by atoms with Gasteiger partial charge in [-0.25, -0.2) is 0 Å². The van der Waals surface area contributed by atoms with Crippen molar-refractivity contribution in [2.75, 3.05) is 19.8 Å². The quantitative estimate of drug-likeness (QED) is 0.830. The molecule has 2 rings (SSSR count). The minimum absolute atomic E-state index is 0.0279. The van der Waals surface area contributed by atoms with Gasteiger partial charge in [-0.1, -0.05) is 12.1 Å². The van der Waals surface area contributed by atoms with Crippen molar-refractivity contribution < 1.29 is 14.6 Å². The second kappa shape index (κ2) is 6.75. The van der Waals surface area contributed by atoms with Gasteiger partial charge in [-0.05, 0) is 43.9 Å². The fourth-order valence-corrected chi connectivity index (χ4v) is 2.28. The molecule has 1 aromatic rings. The number of nitrogens with zero attached hydrogens (tertiary/aromatic N) is 1. The number of aliphatic hydroxyl groups excluding tert-OH is 1. The lowest BCUT2D eigenvalue weighted by Crippen LogP contribution is -2.36. The average molecular weight is 277 g/mol. The van der Waals surface area contributed by atoms with Crippen molar-refractivity contribution in [2.24, 2.45) is 0 Å². The Bertz CT molecular complexity index is 469. The van der Waals surface area contributed by atoms with Crippen LogP contribution >= 0.6 is 0 Å². The normalized spacial score (nSPS) is 14.2. The minimum atomic E-state index is 0.0279. The molecule has 1 aliphatic rings. The van der Waals surface area contributed by atoms with E-state index < -0.39 is 0 Å². The van der Waals surface area contributed by atoms with Crippen molar-refractivity contribution in [1.29, 1.82) is 0 Å². The SMILES string of the molecule is Cc1cccc(OCCC(=O)N(CCO)C2CC2)c1C. The number of aliphatic hydroxyl groups is 1. The van der Waals surface area contributed by atoms with E-state index in [1.807, 2.05) is 32.0 Å². The standard InChI is InChI=1S/C16H23NO3/c1-12-4-3-5-15(13(12)2)20-11-8-16(19)17(9-10-18)14-6-7-14/h3-5,14,18H,6-11H2,1-2H3. The van der Waals surface area contributed by atoms with Gasteiger partial charge in [-0.2, -0.15) is 0 Å². The highest BCUT2D eigenvalue weighted by atomic mass is 16.5. The van der Waals surface area contributed by atoms with Gasteiger partial charge in [0, 0.05) is 12.6 Å². The number of hydrogen-bond donors (Lipinski definition) is 1. The molecule has 0 bridgehead atoms. The monoisotopic (exact) mass is 277 g/mol. The number of amides is 1. The summed E-state index contributed by atoms with van der Waals surface area (Å²) in [7, 11) is 0. The van der Waals surface area contributed by atoms with Crippen LogP contribution in [0.2, 0.25) is 0 Å². The average Bonchev–Trinajstić information content (AvgIpc) is 3.25. The van der Waals surface area contributed by atoms with Gasteiger partial charge in [-0.15, -0.1) is 0 Å². The van der Waals surface area contributed by atoms with Gasteiger partial charge in [0.15, 0.2) is 0 Å². The Morgan fingerprint density at radius 1 is 1.40 bits per heavy atom. The highest BCUT2D eigenvalue weighted by Gasteiger charge is 2.31. The number of aryl methyl sites for hydroxylation is 1. The number of rotatable bonds is 7. The van der Waals surface area contributed by atoms with Gasteiger partial charge >= 0.3 is 0 Å². The molecule has 1 saturated carbocycles. The molecular formula is C16H23NO3. The Morgan fingerprint density at radius 2 is 2.15 bits per heavy atom. The molecule has 1 amide bonds. The molecule has 0 unspecified atom stereocenters. The molecule has 4 nitrogen and oxygen atoms in total. The Labute approximate surface area is 120 Å². The predicted molar refractivity (Wildman–Crippen MR) is 77.8 cm³/mol. The van der Waals surface area contributed by atoms with Crippen LogP contribution in [0, 0.1) is 13.8 Å². The third-order valence-electron chi connectivity index (χ3n) is 3.78. The van der Waals surface area contributed by atoms with E-state index in [1.54, 1.807) is 4.90 Å². The number of ether oxygens (including phenoxy) is 1. The van der Waals surface area contributed by atoms with Crippen molar-refractivity contribution in [3.8, 4) is 5.75 Å². The lowest BCUT2D eigenvalue weighted by atomic mass is 10.1. The molecule has 0 radical (unpaired) electrons. The number of benzene rings is 1. The summed E-state index contributed by atoms with van der Waals surface area (Å²) in [6.07, 6.45) is 2.48. The molecule has 0 heterocycles. The molecule has 110 valence electrons. The molecule has 1 aliphatic carbocycles. The molecular weight excluding hydrogens is 254 g/mol. The van der Waals surface area contributed by atoms with Crippen LogP contribution < -0.4 is 4.74 Å². The van der Waals surface area contributed by atoms with E-state index in [2.05, 4.69) is 0 Å². The molecule has 1 N–H and O–H groups in total. The predicted octanol–water partition coefficient (Wildman–Crippen LogP) is 2.06. The maximum Gasteiger partial charge on any atom is 0.226 e. The third-order valence-corrected chi connectivity index (χ3v) is 3.78. The van der Waals surface area contributed by atoms with Crippen molar-refractivity contribution >= 4 is 5.91 Å². The highest BCUT2D eigenvalue weighted by Crippen LogP contribution is 2.27. The zero-order valence-electron chi connectivity index (χ0n) is 12.3. The summed E-state index contributed by atoms with van der Waals surface area (Å²) in [5.74, 6) is 0.921. The zero-order chi connectivity index (χ0) is 14.5. The Kier molecular flexibility index (Phi) is 5.01. The summed E-state index contributed by atoms with van der Waals surface area (Å²) in [6, 6.07) is 6.28. The summed E-state index contributed by atoms with van der Waals surface area (Å²) in [5, 5.41) is 9.01. The number of hydrogen-bond acceptors (Lipinski definition) is 3. The van der Waals surface area contributed by atoms with Crippen LogP contribution in [-0.2, 0) is 4.79 Å². The van der Waals surface area contributed by atoms with Crippen LogP contribution in [0.3, 0.4) is 0 Å².